The molecule has 0 saturated heterocycles. The summed E-state index contributed by atoms with van der Waals surface area (Å²) in [7, 11) is 0. The Balaban J connectivity index is 1.72. The molecular formula is C27H31FN4O3. The van der Waals surface area contributed by atoms with Gasteiger partial charge in [0.1, 0.15) is 17.4 Å². The Hall–Kier alpha value is -3.68. The Kier molecular flexibility index (Phi) is 6.40. The molecule has 3 amide bonds. The number of aryl methyl sites for hydroxylation is 1. The van der Waals surface area contributed by atoms with Crippen LogP contribution in [-0.4, -0.2) is 27.8 Å². The van der Waals surface area contributed by atoms with Gasteiger partial charge in [-0.1, -0.05) is 44.2 Å². The van der Waals surface area contributed by atoms with Crippen LogP contribution in [0.5, 0.6) is 0 Å². The van der Waals surface area contributed by atoms with Gasteiger partial charge in [0.25, 0.3) is 0 Å². The molecule has 2 atom stereocenters. The summed E-state index contributed by atoms with van der Waals surface area (Å²) >= 11 is 0. The number of nitrogens with two attached hydrogens (primary N) is 2. The van der Waals surface area contributed by atoms with Gasteiger partial charge in [-0.25, -0.2) is 4.39 Å². The van der Waals surface area contributed by atoms with E-state index in [4.69, 9.17) is 11.5 Å². The van der Waals surface area contributed by atoms with Crippen molar-refractivity contribution < 1.29 is 18.8 Å². The molecule has 8 heteroatoms. The average Bonchev–Trinajstić information content (AvgIpc) is 3.09. The molecule has 3 aromatic rings. The molecule has 1 aliphatic carbocycles. The lowest BCUT2D eigenvalue weighted by Gasteiger charge is -2.36. The predicted octanol–water partition coefficient (Wildman–Crippen LogP) is 2.84. The zero-order chi connectivity index (χ0) is 25.5. The Morgan fingerprint density at radius 2 is 1.86 bits per heavy atom. The van der Waals surface area contributed by atoms with Crippen molar-refractivity contribution >= 4 is 28.6 Å². The topological polar surface area (TPSA) is 120 Å². The van der Waals surface area contributed by atoms with E-state index >= 15 is 0 Å². The van der Waals surface area contributed by atoms with Crippen LogP contribution in [0.25, 0.3) is 10.9 Å². The number of nitrogens with one attached hydrogen (secondary N) is 1. The number of para-hydroxylation sites is 1. The van der Waals surface area contributed by atoms with Gasteiger partial charge in [-0.15, -0.1) is 0 Å². The molecule has 0 aliphatic heterocycles. The number of hydrogen-bond acceptors (Lipinski definition) is 3. The Bertz CT molecular complexity index is 1330. The van der Waals surface area contributed by atoms with E-state index in [1.54, 1.807) is 19.1 Å². The van der Waals surface area contributed by atoms with Gasteiger partial charge < -0.3 is 21.4 Å². The number of amides is 3. The number of hydrogen-bond donors (Lipinski definition) is 3. The van der Waals surface area contributed by atoms with Crippen LogP contribution in [0.2, 0.25) is 0 Å². The van der Waals surface area contributed by atoms with Crippen molar-refractivity contribution in [3.63, 3.8) is 0 Å². The van der Waals surface area contributed by atoms with Crippen molar-refractivity contribution in [2.75, 3.05) is 0 Å². The van der Waals surface area contributed by atoms with Gasteiger partial charge in [0, 0.05) is 23.0 Å². The van der Waals surface area contributed by atoms with E-state index < -0.39 is 29.3 Å². The normalized spacial score (nSPS) is 18.3. The van der Waals surface area contributed by atoms with Gasteiger partial charge >= 0.3 is 0 Å². The number of fused-ring (bicyclic) bond motifs is 3. The van der Waals surface area contributed by atoms with E-state index in [9.17, 15) is 18.8 Å². The third-order valence-electron chi connectivity index (χ3n) is 7.05. The second-order valence-corrected chi connectivity index (χ2v) is 9.84. The highest BCUT2D eigenvalue weighted by Crippen LogP contribution is 2.39. The highest BCUT2D eigenvalue weighted by atomic mass is 19.1. The smallest absolute Gasteiger partial charge is 0.243 e. The summed E-state index contributed by atoms with van der Waals surface area (Å²) in [6.45, 7) is 5.54. The molecule has 0 saturated carbocycles. The van der Waals surface area contributed by atoms with Crippen molar-refractivity contribution in [1.29, 1.82) is 0 Å². The van der Waals surface area contributed by atoms with Crippen LogP contribution >= 0.6 is 0 Å². The monoisotopic (exact) mass is 478 g/mol. The molecular weight excluding hydrogens is 447 g/mol. The molecule has 7 nitrogen and oxygen atoms in total. The molecule has 0 bridgehead atoms. The number of rotatable bonds is 7. The highest BCUT2D eigenvalue weighted by Gasteiger charge is 2.44. The summed E-state index contributed by atoms with van der Waals surface area (Å²) in [6.07, 6.45) is 0.840. The number of carbonyl (C=O) groups is 3. The molecule has 1 heterocycles. The molecule has 0 spiro atoms. The first-order valence-corrected chi connectivity index (χ1v) is 11.8. The van der Waals surface area contributed by atoms with Crippen LogP contribution < -0.4 is 16.8 Å². The highest BCUT2D eigenvalue weighted by molar-refractivity contribution is 5.94. The van der Waals surface area contributed by atoms with Crippen molar-refractivity contribution in [1.82, 2.24) is 9.88 Å². The fraction of sp³-hybridized carbons (Fsp3) is 0.370. The van der Waals surface area contributed by atoms with Crippen LogP contribution in [-0.2, 0) is 33.6 Å². The average molecular weight is 479 g/mol. The van der Waals surface area contributed by atoms with Gasteiger partial charge in [-0.2, -0.15) is 0 Å². The zero-order valence-electron chi connectivity index (χ0n) is 20.2. The van der Waals surface area contributed by atoms with Crippen molar-refractivity contribution in [2.24, 2.45) is 17.4 Å². The standard InChI is InChI=1S/C27H31FN4O3/c1-15(2)24(25(29)34)32-21-7-5-4-6-18(21)19-14-27(26(30)35,11-10-22(19)32)31-23(33)13-17-9-8-16(3)20(28)12-17/h4-9,12,15,24H,10-11,13-14H2,1-3H3,(H2,29,34)(H2,30,35)(H,31,33)/t24-,27+/m0/s1. The molecule has 1 aliphatic rings. The second-order valence-electron chi connectivity index (χ2n) is 9.84. The molecule has 0 radical (unpaired) electrons. The molecule has 4 rings (SSSR count). The summed E-state index contributed by atoms with van der Waals surface area (Å²) in [4.78, 5) is 38.1. The summed E-state index contributed by atoms with van der Waals surface area (Å²) < 4.78 is 15.9. The second kappa shape index (κ2) is 9.17. The first-order chi connectivity index (χ1) is 16.5. The third-order valence-corrected chi connectivity index (χ3v) is 7.05. The summed E-state index contributed by atoms with van der Waals surface area (Å²) in [5.74, 6) is -1.88. The molecule has 0 fully saturated rings. The van der Waals surface area contributed by atoms with Gasteiger partial charge in [0.2, 0.25) is 17.7 Å². The lowest BCUT2D eigenvalue weighted by Crippen LogP contribution is -2.60. The van der Waals surface area contributed by atoms with Gasteiger partial charge in [-0.3, -0.25) is 14.4 Å². The van der Waals surface area contributed by atoms with Crippen LogP contribution in [0, 0.1) is 18.7 Å². The quantitative estimate of drug-likeness (QED) is 0.484. The van der Waals surface area contributed by atoms with Crippen molar-refractivity contribution in [3.05, 3.63) is 70.7 Å². The maximum atomic E-state index is 13.9. The summed E-state index contributed by atoms with van der Waals surface area (Å²) in [5, 5.41) is 3.76. The molecule has 184 valence electrons. The van der Waals surface area contributed by atoms with E-state index in [0.29, 0.717) is 17.5 Å². The largest absolute Gasteiger partial charge is 0.368 e. The molecule has 5 N–H and O–H groups in total. The summed E-state index contributed by atoms with van der Waals surface area (Å²) in [6, 6.07) is 11.8. The van der Waals surface area contributed by atoms with E-state index in [2.05, 4.69) is 5.32 Å². The first-order valence-electron chi connectivity index (χ1n) is 11.8. The van der Waals surface area contributed by atoms with Crippen LogP contribution in [0.15, 0.2) is 42.5 Å². The Morgan fingerprint density at radius 3 is 2.49 bits per heavy atom. The molecule has 1 aromatic heterocycles. The number of nitrogens with zero attached hydrogens (tertiary/aromatic N) is 1. The maximum Gasteiger partial charge on any atom is 0.243 e. The van der Waals surface area contributed by atoms with Gasteiger partial charge in [-0.05, 0) is 54.5 Å². The minimum absolute atomic E-state index is 0.0372. The fourth-order valence-electron chi connectivity index (χ4n) is 5.27. The van der Waals surface area contributed by atoms with Crippen molar-refractivity contribution in [2.45, 2.75) is 58.0 Å². The van der Waals surface area contributed by atoms with Crippen LogP contribution in [0.4, 0.5) is 4.39 Å². The molecule has 0 unspecified atom stereocenters. The van der Waals surface area contributed by atoms with Crippen LogP contribution in [0.3, 0.4) is 0 Å². The van der Waals surface area contributed by atoms with E-state index in [1.807, 2.05) is 42.7 Å². The zero-order valence-corrected chi connectivity index (χ0v) is 20.2. The number of aromatic nitrogens is 1. The minimum atomic E-state index is -1.29. The van der Waals surface area contributed by atoms with Gasteiger partial charge in [0.15, 0.2) is 0 Å². The SMILES string of the molecule is Cc1ccc(CC(=O)N[C@]2(C(N)=O)CCc3c(c4ccccc4n3[C@H](C(N)=O)C(C)C)C2)cc1F. The molecule has 35 heavy (non-hydrogen) atoms. The predicted molar refractivity (Wildman–Crippen MR) is 132 cm³/mol. The van der Waals surface area contributed by atoms with E-state index in [1.165, 1.54) is 6.07 Å². The minimum Gasteiger partial charge on any atom is -0.368 e. The number of benzene rings is 2. The van der Waals surface area contributed by atoms with Crippen LogP contribution in [0.1, 0.15) is 48.7 Å². The lowest BCUT2D eigenvalue weighted by molar-refractivity contribution is -0.131. The number of carbonyl (C=O) groups excluding carboxylic acids is 3. The third kappa shape index (κ3) is 4.40. The summed E-state index contributed by atoms with van der Waals surface area (Å²) in [5.41, 5.74) is 14.0. The number of halogens is 1. The first kappa shape index (κ1) is 24.4. The Morgan fingerprint density at radius 1 is 1.14 bits per heavy atom. The molecule has 2 aromatic carbocycles. The van der Waals surface area contributed by atoms with E-state index in [-0.39, 0.29) is 31.0 Å². The Labute approximate surface area is 203 Å². The van der Waals surface area contributed by atoms with Crippen molar-refractivity contribution in [3.8, 4) is 0 Å². The van der Waals surface area contributed by atoms with Gasteiger partial charge in [0.05, 0.1) is 6.42 Å². The number of primary amides is 2. The maximum absolute atomic E-state index is 13.9. The fourth-order valence-corrected chi connectivity index (χ4v) is 5.27. The van der Waals surface area contributed by atoms with E-state index in [0.717, 1.165) is 22.2 Å². The lowest BCUT2D eigenvalue weighted by atomic mass is 9.78.